The number of pyridine rings is 1. The first-order chi connectivity index (χ1) is 7.99. The molecule has 0 fully saturated rings. The largest absolute Gasteiger partial charge is 0.469 e. The quantitative estimate of drug-likeness (QED) is 0.815. The van der Waals surface area contributed by atoms with E-state index in [1.807, 2.05) is 0 Å². The van der Waals surface area contributed by atoms with Crippen molar-refractivity contribution in [3.8, 4) is 0 Å². The van der Waals surface area contributed by atoms with Gasteiger partial charge in [0, 0.05) is 6.54 Å². The van der Waals surface area contributed by atoms with Gasteiger partial charge in [0.2, 0.25) is 0 Å². The molecule has 0 aliphatic carbocycles. The molecule has 0 atom stereocenters. The van der Waals surface area contributed by atoms with Crippen LogP contribution in [0.3, 0.4) is 0 Å². The standard InChI is InChI=1S/C11H14F2N2O2/c1-6-3-7(5-14)15-10(11(12)13)8(6)4-9(16)17-2/h3,11H,4-5,14H2,1-2H3. The van der Waals surface area contributed by atoms with Crippen LogP contribution in [0.1, 0.15) is 28.9 Å². The van der Waals surface area contributed by atoms with Gasteiger partial charge in [0.05, 0.1) is 19.2 Å². The Kier molecular flexibility index (Phi) is 4.51. The molecule has 6 heteroatoms. The van der Waals surface area contributed by atoms with E-state index < -0.39 is 18.1 Å². The lowest BCUT2D eigenvalue weighted by atomic mass is 10.0. The summed E-state index contributed by atoms with van der Waals surface area (Å²) in [5.74, 6) is -0.572. The Hall–Kier alpha value is -1.56. The van der Waals surface area contributed by atoms with Crippen molar-refractivity contribution in [1.82, 2.24) is 4.98 Å². The maximum absolute atomic E-state index is 12.8. The number of esters is 1. The minimum absolute atomic E-state index is 0.0824. The van der Waals surface area contributed by atoms with E-state index in [4.69, 9.17) is 5.73 Å². The van der Waals surface area contributed by atoms with Crippen LogP contribution in [-0.4, -0.2) is 18.1 Å². The predicted molar refractivity (Wildman–Crippen MR) is 57.5 cm³/mol. The summed E-state index contributed by atoms with van der Waals surface area (Å²) >= 11 is 0. The third-order valence-corrected chi connectivity index (χ3v) is 2.40. The molecule has 94 valence electrons. The number of nitrogens with zero attached hydrogens (tertiary/aromatic N) is 1. The SMILES string of the molecule is COC(=O)Cc1c(C)cc(CN)nc1C(F)F. The van der Waals surface area contributed by atoms with Gasteiger partial charge in [-0.3, -0.25) is 9.78 Å². The van der Waals surface area contributed by atoms with Gasteiger partial charge in [-0.05, 0) is 24.1 Å². The molecule has 0 saturated carbocycles. The zero-order chi connectivity index (χ0) is 13.0. The highest BCUT2D eigenvalue weighted by Gasteiger charge is 2.20. The number of alkyl halides is 2. The van der Waals surface area contributed by atoms with Gasteiger partial charge >= 0.3 is 5.97 Å². The van der Waals surface area contributed by atoms with E-state index in [-0.39, 0.29) is 18.5 Å². The van der Waals surface area contributed by atoms with Crippen LogP contribution in [0.25, 0.3) is 0 Å². The van der Waals surface area contributed by atoms with E-state index in [1.165, 1.54) is 7.11 Å². The molecule has 0 spiro atoms. The molecule has 0 bridgehead atoms. The topological polar surface area (TPSA) is 65.2 Å². The number of ether oxygens (including phenoxy) is 1. The fraction of sp³-hybridized carbons (Fsp3) is 0.455. The van der Waals surface area contributed by atoms with Crippen LogP contribution < -0.4 is 5.73 Å². The van der Waals surface area contributed by atoms with Crippen molar-refractivity contribution in [3.05, 3.63) is 28.6 Å². The number of aryl methyl sites for hydroxylation is 1. The number of carbonyl (C=O) groups excluding carboxylic acids is 1. The van der Waals surface area contributed by atoms with E-state index in [0.29, 0.717) is 11.3 Å². The number of hydrogen-bond acceptors (Lipinski definition) is 4. The lowest BCUT2D eigenvalue weighted by molar-refractivity contribution is -0.139. The van der Waals surface area contributed by atoms with Crippen LogP contribution >= 0.6 is 0 Å². The molecule has 1 heterocycles. The molecule has 0 aliphatic heterocycles. The van der Waals surface area contributed by atoms with Gasteiger partial charge in [-0.2, -0.15) is 0 Å². The highest BCUT2D eigenvalue weighted by molar-refractivity contribution is 5.73. The molecule has 0 saturated heterocycles. The Morgan fingerprint density at radius 3 is 2.71 bits per heavy atom. The van der Waals surface area contributed by atoms with E-state index in [0.717, 1.165) is 0 Å². The summed E-state index contributed by atoms with van der Waals surface area (Å²) in [5, 5.41) is 0. The van der Waals surface area contributed by atoms with Crippen LogP contribution in [-0.2, 0) is 22.5 Å². The Morgan fingerprint density at radius 1 is 1.59 bits per heavy atom. The Morgan fingerprint density at radius 2 is 2.24 bits per heavy atom. The average Bonchev–Trinajstić information content (AvgIpc) is 2.30. The number of rotatable bonds is 4. The lowest BCUT2D eigenvalue weighted by Gasteiger charge is -2.12. The molecular weight excluding hydrogens is 230 g/mol. The molecular formula is C11H14F2N2O2. The number of carbonyl (C=O) groups is 1. The summed E-state index contributed by atoms with van der Waals surface area (Å²) in [6.45, 7) is 1.73. The van der Waals surface area contributed by atoms with E-state index in [9.17, 15) is 13.6 Å². The lowest BCUT2D eigenvalue weighted by Crippen LogP contribution is -2.13. The van der Waals surface area contributed by atoms with Crippen LogP contribution in [0.4, 0.5) is 8.78 Å². The third kappa shape index (κ3) is 3.20. The Balaban J connectivity index is 3.21. The van der Waals surface area contributed by atoms with Gasteiger partial charge in [-0.15, -0.1) is 0 Å². The molecule has 1 aromatic heterocycles. The summed E-state index contributed by atoms with van der Waals surface area (Å²) < 4.78 is 30.1. The van der Waals surface area contributed by atoms with Crippen LogP contribution in [0.5, 0.6) is 0 Å². The first kappa shape index (κ1) is 13.5. The molecule has 0 aromatic carbocycles. The monoisotopic (exact) mass is 244 g/mol. The fourth-order valence-corrected chi connectivity index (χ4v) is 1.53. The predicted octanol–water partition coefficient (Wildman–Crippen LogP) is 1.50. The minimum atomic E-state index is -2.74. The first-order valence-corrected chi connectivity index (χ1v) is 5.04. The summed E-state index contributed by atoms with van der Waals surface area (Å²) in [6.07, 6.45) is -2.94. The molecule has 1 aromatic rings. The molecule has 0 amide bonds. The zero-order valence-corrected chi connectivity index (χ0v) is 9.67. The first-order valence-electron chi connectivity index (χ1n) is 5.04. The maximum atomic E-state index is 12.8. The van der Waals surface area contributed by atoms with Crippen molar-refractivity contribution in [2.45, 2.75) is 26.3 Å². The highest BCUT2D eigenvalue weighted by Crippen LogP contribution is 2.25. The van der Waals surface area contributed by atoms with E-state index in [2.05, 4.69) is 9.72 Å². The van der Waals surface area contributed by atoms with Gasteiger partial charge in [0.15, 0.2) is 0 Å². The zero-order valence-electron chi connectivity index (χ0n) is 9.67. The van der Waals surface area contributed by atoms with Crippen molar-refractivity contribution >= 4 is 5.97 Å². The van der Waals surface area contributed by atoms with Gasteiger partial charge < -0.3 is 10.5 Å². The Labute approximate surface area is 97.8 Å². The van der Waals surface area contributed by atoms with Crippen LogP contribution in [0, 0.1) is 6.92 Å². The number of aromatic nitrogens is 1. The smallest absolute Gasteiger partial charge is 0.310 e. The van der Waals surface area contributed by atoms with Crippen LogP contribution in [0.2, 0.25) is 0 Å². The summed E-state index contributed by atoms with van der Waals surface area (Å²) in [4.78, 5) is 14.9. The molecule has 17 heavy (non-hydrogen) atoms. The second-order valence-corrected chi connectivity index (χ2v) is 3.55. The summed E-state index contributed by atoms with van der Waals surface area (Å²) in [7, 11) is 1.21. The van der Waals surface area contributed by atoms with Gasteiger partial charge in [0.1, 0.15) is 5.69 Å². The fourth-order valence-electron chi connectivity index (χ4n) is 1.53. The molecule has 0 unspecified atom stereocenters. The van der Waals surface area contributed by atoms with Gasteiger partial charge in [-0.25, -0.2) is 8.78 Å². The van der Waals surface area contributed by atoms with Crippen molar-refractivity contribution < 1.29 is 18.3 Å². The van der Waals surface area contributed by atoms with Gasteiger partial charge in [-0.1, -0.05) is 0 Å². The molecule has 0 aliphatic rings. The van der Waals surface area contributed by atoms with E-state index in [1.54, 1.807) is 13.0 Å². The van der Waals surface area contributed by atoms with Crippen molar-refractivity contribution in [2.75, 3.05) is 7.11 Å². The normalized spacial score (nSPS) is 10.7. The third-order valence-electron chi connectivity index (χ3n) is 2.40. The maximum Gasteiger partial charge on any atom is 0.310 e. The van der Waals surface area contributed by atoms with Crippen LogP contribution in [0.15, 0.2) is 6.07 Å². The van der Waals surface area contributed by atoms with Crippen molar-refractivity contribution in [1.29, 1.82) is 0 Å². The molecule has 4 nitrogen and oxygen atoms in total. The minimum Gasteiger partial charge on any atom is -0.469 e. The molecule has 2 N–H and O–H groups in total. The summed E-state index contributed by atoms with van der Waals surface area (Å²) in [5.41, 5.74) is 6.14. The highest BCUT2D eigenvalue weighted by atomic mass is 19.3. The number of nitrogens with two attached hydrogens (primary N) is 1. The Bertz CT molecular complexity index is 422. The summed E-state index contributed by atoms with van der Waals surface area (Å²) in [6, 6.07) is 1.60. The van der Waals surface area contributed by atoms with Crippen molar-refractivity contribution in [2.24, 2.45) is 5.73 Å². The van der Waals surface area contributed by atoms with E-state index >= 15 is 0 Å². The second kappa shape index (κ2) is 5.67. The number of hydrogen-bond donors (Lipinski definition) is 1. The molecule has 1 rings (SSSR count). The number of halogens is 2. The average molecular weight is 244 g/mol. The van der Waals surface area contributed by atoms with Gasteiger partial charge in [0.25, 0.3) is 6.43 Å². The number of methoxy groups -OCH3 is 1. The second-order valence-electron chi connectivity index (χ2n) is 3.55. The van der Waals surface area contributed by atoms with Crippen molar-refractivity contribution in [3.63, 3.8) is 0 Å². The molecule has 0 radical (unpaired) electrons.